The lowest BCUT2D eigenvalue weighted by Gasteiger charge is -2.13. The van der Waals surface area contributed by atoms with Crippen LogP contribution in [-0.4, -0.2) is 36.1 Å². The number of benzene rings is 1. The van der Waals surface area contributed by atoms with E-state index in [1.165, 1.54) is 0 Å². The lowest BCUT2D eigenvalue weighted by Crippen LogP contribution is -2.15. The number of nitrogens with one attached hydrogen (secondary N) is 2. The molecule has 0 aliphatic rings. The summed E-state index contributed by atoms with van der Waals surface area (Å²) in [6, 6.07) is 9.78. The minimum absolute atomic E-state index is 0.518. The Morgan fingerprint density at radius 2 is 1.61 bits per heavy atom. The monoisotopic (exact) mass is 244 g/mol. The Bertz CT molecular complexity index is 511. The molecule has 94 valence electrons. The van der Waals surface area contributed by atoms with Gasteiger partial charge in [0.2, 0.25) is 17.8 Å². The van der Waals surface area contributed by atoms with Crippen molar-refractivity contribution >= 4 is 23.5 Å². The van der Waals surface area contributed by atoms with Crippen LogP contribution in [0.15, 0.2) is 30.3 Å². The van der Waals surface area contributed by atoms with Crippen molar-refractivity contribution in [2.24, 2.45) is 0 Å². The zero-order chi connectivity index (χ0) is 13.0. The van der Waals surface area contributed by atoms with Gasteiger partial charge in [-0.1, -0.05) is 18.2 Å². The van der Waals surface area contributed by atoms with Crippen LogP contribution < -0.4 is 15.5 Å². The largest absolute Gasteiger partial charge is 0.357 e. The Balaban J connectivity index is 2.30. The van der Waals surface area contributed by atoms with Gasteiger partial charge in [-0.2, -0.15) is 15.0 Å². The van der Waals surface area contributed by atoms with Crippen molar-refractivity contribution in [1.29, 1.82) is 0 Å². The molecule has 0 spiro atoms. The molecule has 2 rings (SSSR count). The topological polar surface area (TPSA) is 66.0 Å². The smallest absolute Gasteiger partial charge is 0.233 e. The number of nitrogens with zero attached hydrogens (tertiary/aromatic N) is 4. The Morgan fingerprint density at radius 3 is 2.22 bits per heavy atom. The quantitative estimate of drug-likeness (QED) is 0.853. The summed E-state index contributed by atoms with van der Waals surface area (Å²) in [5, 5.41) is 6.06. The summed E-state index contributed by atoms with van der Waals surface area (Å²) in [6.07, 6.45) is 0. The van der Waals surface area contributed by atoms with Crippen LogP contribution in [0.25, 0.3) is 0 Å². The maximum Gasteiger partial charge on any atom is 0.233 e. The van der Waals surface area contributed by atoms with E-state index in [0.717, 1.165) is 5.69 Å². The Hall–Kier alpha value is -2.37. The second-order valence-corrected chi connectivity index (χ2v) is 3.92. The maximum atomic E-state index is 4.33. The maximum absolute atomic E-state index is 4.33. The van der Waals surface area contributed by atoms with E-state index in [0.29, 0.717) is 17.8 Å². The summed E-state index contributed by atoms with van der Waals surface area (Å²) >= 11 is 0. The van der Waals surface area contributed by atoms with Crippen molar-refractivity contribution in [2.75, 3.05) is 36.7 Å². The normalized spacial score (nSPS) is 9.94. The third-order valence-corrected chi connectivity index (χ3v) is 2.28. The van der Waals surface area contributed by atoms with Crippen LogP contribution in [-0.2, 0) is 0 Å². The van der Waals surface area contributed by atoms with Crippen LogP contribution in [0.3, 0.4) is 0 Å². The molecule has 0 saturated carbocycles. The molecule has 2 aromatic rings. The molecule has 0 fully saturated rings. The van der Waals surface area contributed by atoms with E-state index in [9.17, 15) is 0 Å². The standard InChI is InChI=1S/C12H16N6/c1-13-10-15-11(17-12(16-10)18(2)3)14-9-7-5-4-6-8-9/h4-8H,1-3H3,(H2,13,14,15,16,17). The second-order valence-electron chi connectivity index (χ2n) is 3.92. The lowest BCUT2D eigenvalue weighted by atomic mass is 10.3. The molecule has 0 radical (unpaired) electrons. The molecule has 0 amide bonds. The number of hydrogen-bond acceptors (Lipinski definition) is 6. The van der Waals surface area contributed by atoms with Gasteiger partial charge in [0.1, 0.15) is 0 Å². The van der Waals surface area contributed by atoms with E-state index in [1.54, 1.807) is 7.05 Å². The minimum Gasteiger partial charge on any atom is -0.357 e. The molecule has 1 aromatic carbocycles. The Kier molecular flexibility index (Phi) is 3.57. The summed E-state index contributed by atoms with van der Waals surface area (Å²) in [5.41, 5.74) is 0.940. The Labute approximate surface area is 106 Å². The van der Waals surface area contributed by atoms with Gasteiger partial charge in [-0.25, -0.2) is 0 Å². The van der Waals surface area contributed by atoms with Gasteiger partial charge in [0.15, 0.2) is 0 Å². The summed E-state index contributed by atoms with van der Waals surface area (Å²) in [6.45, 7) is 0. The first-order valence-corrected chi connectivity index (χ1v) is 5.62. The first kappa shape index (κ1) is 12.1. The highest BCUT2D eigenvalue weighted by Gasteiger charge is 2.07. The first-order chi connectivity index (χ1) is 8.69. The number of para-hydroxylation sites is 1. The lowest BCUT2D eigenvalue weighted by molar-refractivity contribution is 0.963. The third kappa shape index (κ3) is 2.85. The van der Waals surface area contributed by atoms with Crippen LogP contribution >= 0.6 is 0 Å². The number of hydrogen-bond donors (Lipinski definition) is 2. The Morgan fingerprint density at radius 1 is 0.944 bits per heavy atom. The molecule has 18 heavy (non-hydrogen) atoms. The molecule has 6 heteroatoms. The molecule has 2 N–H and O–H groups in total. The van der Waals surface area contributed by atoms with E-state index >= 15 is 0 Å². The molecule has 1 aromatic heterocycles. The first-order valence-electron chi connectivity index (χ1n) is 5.62. The third-order valence-electron chi connectivity index (χ3n) is 2.28. The molecule has 0 bridgehead atoms. The SMILES string of the molecule is CNc1nc(Nc2ccccc2)nc(N(C)C)n1. The molecular weight excluding hydrogens is 228 g/mol. The van der Waals surface area contributed by atoms with E-state index in [2.05, 4.69) is 25.6 Å². The van der Waals surface area contributed by atoms with E-state index in [1.807, 2.05) is 49.3 Å². The zero-order valence-electron chi connectivity index (χ0n) is 10.7. The van der Waals surface area contributed by atoms with Crippen LogP contribution in [0.2, 0.25) is 0 Å². The number of rotatable bonds is 4. The van der Waals surface area contributed by atoms with E-state index in [4.69, 9.17) is 0 Å². The number of aromatic nitrogens is 3. The molecule has 0 unspecified atom stereocenters. The van der Waals surface area contributed by atoms with Crippen LogP contribution in [0, 0.1) is 0 Å². The molecular formula is C12H16N6. The summed E-state index contributed by atoms with van der Waals surface area (Å²) < 4.78 is 0. The van der Waals surface area contributed by atoms with Gasteiger partial charge in [0.25, 0.3) is 0 Å². The molecule has 0 saturated heterocycles. The average molecular weight is 244 g/mol. The zero-order valence-corrected chi connectivity index (χ0v) is 10.7. The molecule has 0 aliphatic heterocycles. The van der Waals surface area contributed by atoms with Gasteiger partial charge < -0.3 is 15.5 Å². The van der Waals surface area contributed by atoms with Crippen molar-refractivity contribution < 1.29 is 0 Å². The van der Waals surface area contributed by atoms with Crippen molar-refractivity contribution in [3.8, 4) is 0 Å². The predicted molar refractivity (Wildman–Crippen MR) is 73.4 cm³/mol. The summed E-state index contributed by atoms with van der Waals surface area (Å²) in [4.78, 5) is 14.7. The predicted octanol–water partition coefficient (Wildman–Crippen LogP) is 1.72. The van der Waals surface area contributed by atoms with Gasteiger partial charge in [-0.15, -0.1) is 0 Å². The van der Waals surface area contributed by atoms with Gasteiger partial charge in [0.05, 0.1) is 0 Å². The van der Waals surface area contributed by atoms with Crippen molar-refractivity contribution in [1.82, 2.24) is 15.0 Å². The van der Waals surface area contributed by atoms with Gasteiger partial charge in [-0.3, -0.25) is 0 Å². The highest BCUT2D eigenvalue weighted by molar-refractivity contribution is 5.55. The fourth-order valence-corrected chi connectivity index (χ4v) is 1.38. The van der Waals surface area contributed by atoms with E-state index < -0.39 is 0 Å². The highest BCUT2D eigenvalue weighted by atomic mass is 15.3. The number of anilines is 4. The second kappa shape index (κ2) is 5.31. The fourth-order valence-electron chi connectivity index (χ4n) is 1.38. The molecule has 0 aliphatic carbocycles. The van der Waals surface area contributed by atoms with E-state index in [-0.39, 0.29) is 0 Å². The minimum atomic E-state index is 0.518. The fraction of sp³-hybridized carbons (Fsp3) is 0.250. The average Bonchev–Trinajstić information content (AvgIpc) is 2.39. The molecule has 0 atom stereocenters. The van der Waals surface area contributed by atoms with Crippen molar-refractivity contribution in [3.05, 3.63) is 30.3 Å². The summed E-state index contributed by atoms with van der Waals surface area (Å²) in [5.74, 6) is 1.66. The van der Waals surface area contributed by atoms with Crippen LogP contribution in [0.4, 0.5) is 23.5 Å². The van der Waals surface area contributed by atoms with Crippen LogP contribution in [0.5, 0.6) is 0 Å². The highest BCUT2D eigenvalue weighted by Crippen LogP contribution is 2.15. The van der Waals surface area contributed by atoms with Gasteiger partial charge >= 0.3 is 0 Å². The van der Waals surface area contributed by atoms with Gasteiger partial charge in [0, 0.05) is 26.8 Å². The van der Waals surface area contributed by atoms with Crippen LogP contribution in [0.1, 0.15) is 0 Å². The summed E-state index contributed by atoms with van der Waals surface area (Å²) in [7, 11) is 5.56. The van der Waals surface area contributed by atoms with Gasteiger partial charge in [-0.05, 0) is 12.1 Å². The molecule has 6 nitrogen and oxygen atoms in total. The van der Waals surface area contributed by atoms with Crippen molar-refractivity contribution in [3.63, 3.8) is 0 Å². The molecule has 1 heterocycles. The van der Waals surface area contributed by atoms with Crippen molar-refractivity contribution in [2.45, 2.75) is 0 Å².